The maximum atomic E-state index is 6.12. The summed E-state index contributed by atoms with van der Waals surface area (Å²) in [4.78, 5) is 2.56. The molecule has 0 bridgehead atoms. The molecule has 0 aromatic heterocycles. The van der Waals surface area contributed by atoms with Crippen LogP contribution in [0.3, 0.4) is 0 Å². The minimum Gasteiger partial charge on any atom is -0.490 e. The van der Waals surface area contributed by atoms with Crippen LogP contribution in [0.25, 0.3) is 5.57 Å². The Kier molecular flexibility index (Phi) is 5.04. The van der Waals surface area contributed by atoms with E-state index < -0.39 is 0 Å². The Bertz CT molecular complexity index is 538. The Hall–Kier alpha value is -1.48. The van der Waals surface area contributed by atoms with E-state index in [1.165, 1.54) is 17.6 Å². The second-order valence-electron chi connectivity index (χ2n) is 6.15. The number of benzene rings is 1. The summed E-state index contributed by atoms with van der Waals surface area (Å²) in [5.74, 6) is 1.84. The smallest absolute Gasteiger partial charge is 0.168 e. The molecule has 22 heavy (non-hydrogen) atoms. The Morgan fingerprint density at radius 3 is 3.00 bits per heavy atom. The van der Waals surface area contributed by atoms with Gasteiger partial charge in [0, 0.05) is 12.1 Å². The molecular weight excluding hydrogens is 274 g/mol. The highest BCUT2D eigenvalue weighted by Crippen LogP contribution is 2.42. The van der Waals surface area contributed by atoms with Crippen LogP contribution in [0.4, 0.5) is 0 Å². The number of hydrogen-bond donors (Lipinski definition) is 0. The maximum Gasteiger partial charge on any atom is 0.168 e. The highest BCUT2D eigenvalue weighted by atomic mass is 16.5. The molecule has 2 heterocycles. The summed E-state index contributed by atoms with van der Waals surface area (Å²) >= 11 is 0. The van der Waals surface area contributed by atoms with Crippen molar-refractivity contribution in [3.05, 3.63) is 29.8 Å². The molecule has 2 aliphatic rings. The van der Waals surface area contributed by atoms with Gasteiger partial charge in [-0.2, -0.15) is 0 Å². The van der Waals surface area contributed by atoms with Crippen LogP contribution in [-0.2, 0) is 0 Å². The first-order valence-electron chi connectivity index (χ1n) is 8.68. The van der Waals surface area contributed by atoms with Crippen molar-refractivity contribution < 1.29 is 9.47 Å². The van der Waals surface area contributed by atoms with E-state index in [1.54, 1.807) is 0 Å². The molecule has 120 valence electrons. The highest BCUT2D eigenvalue weighted by molar-refractivity contribution is 5.78. The van der Waals surface area contributed by atoms with Crippen LogP contribution in [0.1, 0.15) is 45.1 Å². The summed E-state index contributed by atoms with van der Waals surface area (Å²) < 4.78 is 12.1. The van der Waals surface area contributed by atoms with Gasteiger partial charge >= 0.3 is 0 Å². The quantitative estimate of drug-likeness (QED) is 0.738. The van der Waals surface area contributed by atoms with Crippen molar-refractivity contribution in [1.29, 1.82) is 0 Å². The summed E-state index contributed by atoms with van der Waals surface area (Å²) in [6.45, 7) is 8.23. The molecule has 0 N–H and O–H groups in total. The van der Waals surface area contributed by atoms with Crippen LogP contribution in [0, 0.1) is 0 Å². The van der Waals surface area contributed by atoms with Crippen molar-refractivity contribution in [3.8, 4) is 11.5 Å². The Balaban J connectivity index is 1.85. The van der Waals surface area contributed by atoms with Gasteiger partial charge in [-0.1, -0.05) is 38.5 Å². The van der Waals surface area contributed by atoms with E-state index in [9.17, 15) is 0 Å². The largest absolute Gasteiger partial charge is 0.490 e. The van der Waals surface area contributed by atoms with E-state index in [4.69, 9.17) is 9.47 Å². The van der Waals surface area contributed by atoms with Crippen LogP contribution in [-0.4, -0.2) is 37.2 Å². The zero-order chi connectivity index (χ0) is 15.4. The van der Waals surface area contributed by atoms with Crippen molar-refractivity contribution in [3.63, 3.8) is 0 Å². The maximum absolute atomic E-state index is 6.12. The van der Waals surface area contributed by atoms with Gasteiger partial charge in [0.05, 0.1) is 12.6 Å². The number of nitrogens with zero attached hydrogens (tertiary/aromatic N) is 1. The first-order chi connectivity index (χ1) is 10.8. The molecule has 1 atom stereocenters. The molecule has 1 aromatic carbocycles. The minimum atomic E-state index is 0.409. The molecule has 1 unspecified atom stereocenters. The topological polar surface area (TPSA) is 21.7 Å². The van der Waals surface area contributed by atoms with Gasteiger partial charge in [0.15, 0.2) is 11.5 Å². The van der Waals surface area contributed by atoms with Gasteiger partial charge in [-0.05, 0) is 37.4 Å². The van der Waals surface area contributed by atoms with Gasteiger partial charge < -0.3 is 9.47 Å². The number of ether oxygens (including phenoxy) is 2. The first kappa shape index (κ1) is 15.4. The summed E-state index contributed by atoms with van der Waals surface area (Å²) in [5.41, 5.74) is 2.66. The van der Waals surface area contributed by atoms with Gasteiger partial charge in [0.1, 0.15) is 6.61 Å². The lowest BCUT2D eigenvalue weighted by molar-refractivity contribution is 0.152. The average molecular weight is 301 g/mol. The fraction of sp³-hybridized carbons (Fsp3) is 0.579. The van der Waals surface area contributed by atoms with E-state index in [0.29, 0.717) is 6.04 Å². The van der Waals surface area contributed by atoms with Gasteiger partial charge in [-0.3, -0.25) is 4.90 Å². The van der Waals surface area contributed by atoms with Crippen molar-refractivity contribution in [2.24, 2.45) is 0 Å². The molecular formula is C19H27NO2. The van der Waals surface area contributed by atoms with E-state index in [1.807, 2.05) is 6.07 Å². The first-order valence-corrected chi connectivity index (χ1v) is 8.68. The molecule has 0 fully saturated rings. The lowest BCUT2D eigenvalue weighted by Crippen LogP contribution is -2.45. The number of fused-ring (bicyclic) bond motifs is 3. The average Bonchev–Trinajstić information content (AvgIpc) is 2.55. The molecule has 3 nitrogen and oxygen atoms in total. The summed E-state index contributed by atoms with van der Waals surface area (Å²) in [7, 11) is 0. The molecule has 3 heteroatoms. The lowest BCUT2D eigenvalue weighted by atomic mass is 9.90. The van der Waals surface area contributed by atoms with Gasteiger partial charge in [0.2, 0.25) is 0 Å². The molecule has 3 rings (SSSR count). The van der Waals surface area contributed by atoms with Crippen LogP contribution in [0.2, 0.25) is 0 Å². The van der Waals surface area contributed by atoms with E-state index in [2.05, 4.69) is 37.0 Å². The molecule has 0 amide bonds. The fourth-order valence-corrected chi connectivity index (χ4v) is 3.41. The van der Waals surface area contributed by atoms with Crippen molar-refractivity contribution >= 4 is 5.57 Å². The van der Waals surface area contributed by atoms with Crippen LogP contribution < -0.4 is 9.47 Å². The molecule has 0 saturated carbocycles. The predicted octanol–water partition coefficient (Wildman–Crippen LogP) is 4.13. The van der Waals surface area contributed by atoms with E-state index in [0.717, 1.165) is 57.1 Å². The number of unbranched alkanes of at least 4 members (excludes halogenated alkanes) is 1. The zero-order valence-corrected chi connectivity index (χ0v) is 13.8. The second kappa shape index (κ2) is 7.19. The van der Waals surface area contributed by atoms with E-state index >= 15 is 0 Å². The van der Waals surface area contributed by atoms with Gasteiger partial charge in [-0.15, -0.1) is 0 Å². The standard InChI is InChI=1S/C19H27NO2/c1-3-5-13-21-18-10-6-8-16-15-9-7-12-20(11-4-2)17(15)14-22-19(16)18/h6,8-10,17H,3-5,7,11-14H2,1-2H3. The second-order valence-corrected chi connectivity index (χ2v) is 6.15. The van der Waals surface area contributed by atoms with Crippen LogP contribution >= 0.6 is 0 Å². The Morgan fingerprint density at radius 2 is 2.18 bits per heavy atom. The van der Waals surface area contributed by atoms with E-state index in [-0.39, 0.29) is 0 Å². The highest BCUT2D eigenvalue weighted by Gasteiger charge is 2.33. The number of rotatable bonds is 6. The summed E-state index contributed by atoms with van der Waals surface area (Å²) in [6, 6.07) is 6.70. The van der Waals surface area contributed by atoms with Crippen LogP contribution in [0.5, 0.6) is 11.5 Å². The predicted molar refractivity (Wildman–Crippen MR) is 90.6 cm³/mol. The third-order valence-corrected chi connectivity index (χ3v) is 4.52. The normalized spacial score (nSPS) is 20.6. The SMILES string of the molecule is CCCCOc1cccc2c1OCC1C2=CCCN1CCC. The van der Waals surface area contributed by atoms with Crippen molar-refractivity contribution in [2.75, 3.05) is 26.3 Å². The minimum absolute atomic E-state index is 0.409. The molecule has 0 spiro atoms. The van der Waals surface area contributed by atoms with Gasteiger partial charge in [0.25, 0.3) is 0 Å². The Morgan fingerprint density at radius 1 is 1.27 bits per heavy atom. The number of para-hydroxylation sites is 1. The fourth-order valence-electron chi connectivity index (χ4n) is 3.41. The van der Waals surface area contributed by atoms with Crippen molar-refractivity contribution in [1.82, 2.24) is 4.90 Å². The zero-order valence-electron chi connectivity index (χ0n) is 13.8. The molecule has 2 aliphatic heterocycles. The third-order valence-electron chi connectivity index (χ3n) is 4.52. The van der Waals surface area contributed by atoms with Crippen molar-refractivity contribution in [2.45, 2.75) is 45.6 Å². The molecule has 0 radical (unpaired) electrons. The van der Waals surface area contributed by atoms with Crippen LogP contribution in [0.15, 0.2) is 24.3 Å². The Labute approximate surface area is 133 Å². The molecule has 0 aliphatic carbocycles. The molecule has 0 saturated heterocycles. The number of hydrogen-bond acceptors (Lipinski definition) is 3. The molecule has 1 aromatic rings. The summed E-state index contributed by atoms with van der Waals surface area (Å²) in [6.07, 6.45) is 6.95. The summed E-state index contributed by atoms with van der Waals surface area (Å²) in [5, 5.41) is 0. The third kappa shape index (κ3) is 3.00. The monoisotopic (exact) mass is 301 g/mol. The lowest BCUT2D eigenvalue weighted by Gasteiger charge is -2.40. The van der Waals surface area contributed by atoms with Gasteiger partial charge in [-0.25, -0.2) is 0 Å².